The van der Waals surface area contributed by atoms with Crippen LogP contribution in [0.5, 0.6) is 0 Å². The third-order valence-electron chi connectivity index (χ3n) is 16.0. The summed E-state index contributed by atoms with van der Waals surface area (Å²) in [5.74, 6) is -3.33. The maximum absolute atomic E-state index is 10.1. The maximum Gasteiger partial charge on any atom is 0.114 e. The molecule has 0 rings (SSSR count). The van der Waals surface area contributed by atoms with Gasteiger partial charge in [-0.3, -0.25) is 0 Å². The van der Waals surface area contributed by atoms with Gasteiger partial charge in [0, 0.05) is 24.8 Å². The van der Waals surface area contributed by atoms with Crippen LogP contribution in [0.3, 0.4) is 0 Å². The standard InChI is InChI=1S/3C21H46N.C6H8O7/c3*1-6-7-8-9-10-11-13-16-19-22(4,5)20-17-14-12-15-18-21(2)3;7-3(8)1-6(13,5(11)12)2-4(9)10/h3*21H,6-20H2,1-5H3;13H,1-2H2,(H,7,8)(H,9,10)(H,11,12)/q3*+1;/p-3. The van der Waals surface area contributed by atoms with Crippen LogP contribution in [0, 0.1) is 17.8 Å². The van der Waals surface area contributed by atoms with Gasteiger partial charge in [-0.15, -0.1) is 0 Å². The largest absolute Gasteiger partial charge is 0.550 e. The van der Waals surface area contributed by atoms with Gasteiger partial charge in [0.25, 0.3) is 0 Å². The van der Waals surface area contributed by atoms with Crippen molar-refractivity contribution in [2.45, 2.75) is 331 Å². The lowest BCUT2D eigenvalue weighted by atomic mass is 9.96. The topological polar surface area (TPSA) is 141 Å². The van der Waals surface area contributed by atoms with E-state index < -0.39 is 36.4 Å². The molecule has 0 aliphatic rings. The fraction of sp³-hybridized carbons (Fsp3) is 0.957. The molecule has 1 N–H and O–H groups in total. The summed E-state index contributed by atoms with van der Waals surface area (Å²) in [4.78, 5) is 30.0. The van der Waals surface area contributed by atoms with Crippen LogP contribution in [0.4, 0.5) is 0 Å². The van der Waals surface area contributed by atoms with E-state index in [2.05, 4.69) is 105 Å². The summed E-state index contributed by atoms with van der Waals surface area (Å²) in [5.41, 5.74) is -2.97. The van der Waals surface area contributed by atoms with Gasteiger partial charge in [-0.05, 0) is 94.8 Å². The van der Waals surface area contributed by atoms with E-state index in [1.807, 2.05) is 0 Å². The number of carboxylic acid groups (broad SMARTS) is 3. The monoisotopic (exact) mass is 1130 g/mol. The predicted molar refractivity (Wildman–Crippen MR) is 336 cm³/mol. The SMILES string of the molecule is CCCCCCCCCC[N+](C)(C)CCCCCCC(C)C.CCCCCCCCCC[N+](C)(C)CCCCCCC(C)C.CCCCCCCCCC[N+](C)(C)CCCCCCC(C)C.O=C([O-])CC(O)(CC(=O)[O-])C(=O)[O-]. The van der Waals surface area contributed by atoms with Gasteiger partial charge in [0.1, 0.15) is 5.60 Å². The number of aliphatic carboxylic acids is 3. The zero-order chi connectivity index (χ0) is 60.7. The van der Waals surface area contributed by atoms with Crippen molar-refractivity contribution >= 4 is 17.9 Å². The number of rotatable bonds is 53. The van der Waals surface area contributed by atoms with E-state index in [4.69, 9.17) is 5.11 Å². The van der Waals surface area contributed by atoms with Crippen molar-refractivity contribution in [1.82, 2.24) is 0 Å². The number of carbonyl (C=O) groups excluding carboxylic acids is 3. The third-order valence-corrected chi connectivity index (χ3v) is 16.0. The van der Waals surface area contributed by atoms with Crippen LogP contribution >= 0.6 is 0 Å². The van der Waals surface area contributed by atoms with Crippen molar-refractivity contribution in [3.8, 4) is 0 Å². The first kappa shape index (κ1) is 83.7. The quantitative estimate of drug-likeness (QED) is 0.0472. The lowest BCUT2D eigenvalue weighted by molar-refractivity contribution is -0.890. The summed E-state index contributed by atoms with van der Waals surface area (Å²) < 4.78 is 3.71. The molecule has 0 amide bonds. The minimum atomic E-state index is -2.97. The number of carboxylic acids is 3. The molecule has 0 heterocycles. The highest BCUT2D eigenvalue weighted by Crippen LogP contribution is 2.18. The molecular formula is C69H143N3O7. The summed E-state index contributed by atoms with van der Waals surface area (Å²) in [7, 11) is 14.6. The lowest BCUT2D eigenvalue weighted by Crippen LogP contribution is -2.54. The first-order valence-electron chi connectivity index (χ1n) is 34.0. The van der Waals surface area contributed by atoms with Gasteiger partial charge in [0.15, 0.2) is 0 Å². The van der Waals surface area contributed by atoms with Crippen LogP contribution in [-0.2, 0) is 14.4 Å². The van der Waals surface area contributed by atoms with Crippen LogP contribution in [0.2, 0.25) is 0 Å². The number of hydrogen-bond donors (Lipinski definition) is 1. The average Bonchev–Trinajstić information content (AvgIpc) is 3.34. The number of nitrogens with zero attached hydrogens (tertiary/aromatic N) is 3. The molecule has 0 unspecified atom stereocenters. The Morgan fingerprint density at radius 2 is 0.481 bits per heavy atom. The van der Waals surface area contributed by atoms with Gasteiger partial charge in [0.2, 0.25) is 0 Å². The average molecular weight is 1130 g/mol. The molecule has 0 saturated carbocycles. The number of carbonyl (C=O) groups is 3. The molecule has 0 aromatic carbocycles. The number of hydrogen-bond acceptors (Lipinski definition) is 7. The van der Waals surface area contributed by atoms with Gasteiger partial charge < -0.3 is 48.3 Å². The van der Waals surface area contributed by atoms with Gasteiger partial charge in [-0.2, -0.15) is 0 Å². The van der Waals surface area contributed by atoms with Gasteiger partial charge >= 0.3 is 0 Å². The maximum atomic E-state index is 10.1. The van der Waals surface area contributed by atoms with E-state index in [0.29, 0.717) is 0 Å². The van der Waals surface area contributed by atoms with E-state index in [9.17, 15) is 29.7 Å². The second-order valence-electron chi connectivity index (χ2n) is 27.8. The van der Waals surface area contributed by atoms with Crippen molar-refractivity contribution in [2.24, 2.45) is 17.8 Å². The molecule has 10 heteroatoms. The highest BCUT2D eigenvalue weighted by Gasteiger charge is 2.29. The molecule has 0 radical (unpaired) electrons. The first-order valence-corrected chi connectivity index (χ1v) is 34.0. The van der Waals surface area contributed by atoms with E-state index >= 15 is 0 Å². The molecule has 476 valence electrons. The minimum absolute atomic E-state index is 0.884. The molecule has 0 saturated heterocycles. The fourth-order valence-corrected chi connectivity index (χ4v) is 10.4. The number of quaternary nitrogens is 3. The first-order chi connectivity index (χ1) is 37.2. The Kier molecular flexibility index (Phi) is 60.1. The Balaban J connectivity index is -0.000000483. The Labute approximate surface area is 494 Å². The molecule has 0 aromatic heterocycles. The Morgan fingerprint density at radius 1 is 0.316 bits per heavy atom. The second-order valence-corrected chi connectivity index (χ2v) is 27.8. The summed E-state index contributed by atoms with van der Waals surface area (Å²) in [6, 6.07) is 0. The zero-order valence-corrected chi connectivity index (χ0v) is 56.2. The van der Waals surface area contributed by atoms with Gasteiger partial charge in [-0.25, -0.2) is 0 Å². The van der Waals surface area contributed by atoms with Crippen LogP contribution in [-0.4, -0.2) is 124 Å². The molecule has 0 bridgehead atoms. The van der Waals surface area contributed by atoms with Gasteiger partial charge in [-0.1, -0.05) is 236 Å². The normalized spacial score (nSPS) is 12.0. The van der Waals surface area contributed by atoms with E-state index in [-0.39, 0.29) is 0 Å². The minimum Gasteiger partial charge on any atom is -0.550 e. The fourth-order valence-electron chi connectivity index (χ4n) is 10.4. The van der Waals surface area contributed by atoms with Crippen molar-refractivity contribution in [1.29, 1.82) is 0 Å². The van der Waals surface area contributed by atoms with Crippen LogP contribution in [0.1, 0.15) is 326 Å². The Bertz CT molecular complexity index is 1190. The van der Waals surface area contributed by atoms with Crippen LogP contribution in [0.25, 0.3) is 0 Å². The van der Waals surface area contributed by atoms with Crippen LogP contribution in [0.15, 0.2) is 0 Å². The molecule has 10 nitrogen and oxygen atoms in total. The zero-order valence-electron chi connectivity index (χ0n) is 56.2. The molecule has 0 aliphatic heterocycles. The molecule has 79 heavy (non-hydrogen) atoms. The van der Waals surface area contributed by atoms with E-state index in [1.54, 1.807) is 0 Å². The Morgan fingerprint density at radius 3 is 0.633 bits per heavy atom. The predicted octanol–water partition coefficient (Wildman–Crippen LogP) is 15.2. The summed E-state index contributed by atoms with van der Waals surface area (Å²) in [5, 5.41) is 38.9. The molecule has 0 fully saturated rings. The summed E-state index contributed by atoms with van der Waals surface area (Å²) in [6.07, 6.45) is 53.2. The molecule has 0 spiro atoms. The second kappa shape index (κ2) is 56.7. The lowest BCUT2D eigenvalue weighted by Gasteiger charge is -2.30. The number of unbranched alkanes of at least 4 members (excludes halogenated alkanes) is 30. The van der Waals surface area contributed by atoms with E-state index in [0.717, 1.165) is 17.8 Å². The van der Waals surface area contributed by atoms with Crippen molar-refractivity contribution in [2.75, 3.05) is 81.6 Å². The van der Waals surface area contributed by atoms with Crippen molar-refractivity contribution < 1.29 is 48.3 Å². The Hall–Kier alpha value is -1.75. The highest BCUT2D eigenvalue weighted by atomic mass is 16.4. The molecular weight excluding hydrogens is 983 g/mol. The van der Waals surface area contributed by atoms with Crippen LogP contribution < -0.4 is 15.3 Å². The number of aliphatic hydroxyl groups is 1. The third kappa shape index (κ3) is 70.4. The van der Waals surface area contributed by atoms with Crippen molar-refractivity contribution in [3.05, 3.63) is 0 Å². The molecule has 0 aliphatic carbocycles. The van der Waals surface area contributed by atoms with Gasteiger partial charge in [0.05, 0.1) is 87.5 Å². The highest BCUT2D eigenvalue weighted by molar-refractivity contribution is 5.86. The molecule has 0 aromatic rings. The summed E-state index contributed by atoms with van der Waals surface area (Å²) >= 11 is 0. The van der Waals surface area contributed by atoms with Crippen molar-refractivity contribution in [3.63, 3.8) is 0 Å². The summed E-state index contributed by atoms with van der Waals surface area (Å²) in [6.45, 7) is 29.2. The molecule has 0 atom stereocenters. The smallest absolute Gasteiger partial charge is 0.114 e. The van der Waals surface area contributed by atoms with E-state index in [1.165, 1.54) is 303 Å².